The molecule has 2 N–H and O–H groups in total. The van der Waals surface area contributed by atoms with Gasteiger partial charge >= 0.3 is 5.97 Å². The van der Waals surface area contributed by atoms with Gasteiger partial charge in [0.25, 0.3) is 0 Å². The molecule has 0 amide bonds. The Bertz CT molecular complexity index is 531. The number of hydrogen-bond acceptors (Lipinski definition) is 5. The maximum absolute atomic E-state index is 12.4. The van der Waals surface area contributed by atoms with Crippen LogP contribution in [-0.2, 0) is 9.53 Å². The normalized spacial score (nSPS) is 18.6. The molecule has 0 saturated carbocycles. The number of anilines is 2. The van der Waals surface area contributed by atoms with Crippen LogP contribution in [0.5, 0.6) is 5.75 Å². The highest BCUT2D eigenvalue weighted by Gasteiger charge is 2.34. The SMILES string of the molecule is CCC1CN(C(CC)C(=O)OC(C)C)c2cc(N)ccc2O1. The van der Waals surface area contributed by atoms with Crippen LogP contribution in [0.2, 0.25) is 0 Å². The largest absolute Gasteiger partial charge is 0.486 e. The summed E-state index contributed by atoms with van der Waals surface area (Å²) in [4.78, 5) is 14.5. The molecule has 22 heavy (non-hydrogen) atoms. The zero-order valence-corrected chi connectivity index (χ0v) is 13.8. The number of ether oxygens (including phenoxy) is 2. The smallest absolute Gasteiger partial charge is 0.329 e. The average molecular weight is 306 g/mol. The van der Waals surface area contributed by atoms with E-state index in [0.717, 1.165) is 17.9 Å². The van der Waals surface area contributed by atoms with E-state index in [1.54, 1.807) is 0 Å². The Morgan fingerprint density at radius 3 is 2.77 bits per heavy atom. The van der Waals surface area contributed by atoms with Crippen molar-refractivity contribution in [2.45, 2.75) is 58.8 Å². The van der Waals surface area contributed by atoms with Crippen molar-refractivity contribution in [1.29, 1.82) is 0 Å². The predicted octanol–water partition coefficient (Wildman–Crippen LogP) is 2.98. The van der Waals surface area contributed by atoms with Crippen LogP contribution in [0.3, 0.4) is 0 Å². The summed E-state index contributed by atoms with van der Waals surface area (Å²) >= 11 is 0. The van der Waals surface area contributed by atoms with Gasteiger partial charge in [0, 0.05) is 5.69 Å². The Kier molecular flexibility index (Phi) is 5.16. The number of nitrogens with zero attached hydrogens (tertiary/aromatic N) is 1. The van der Waals surface area contributed by atoms with Crippen LogP contribution in [0.15, 0.2) is 18.2 Å². The van der Waals surface area contributed by atoms with Crippen molar-refractivity contribution in [3.8, 4) is 5.75 Å². The van der Waals surface area contributed by atoms with Gasteiger partial charge in [-0.05, 0) is 44.9 Å². The third kappa shape index (κ3) is 3.46. The van der Waals surface area contributed by atoms with Gasteiger partial charge in [-0.15, -0.1) is 0 Å². The molecule has 2 unspecified atom stereocenters. The molecule has 5 heteroatoms. The molecule has 0 saturated heterocycles. The molecular formula is C17H26N2O3. The standard InChI is InChI=1S/C17H26N2O3/c1-5-13-10-19(14(6-2)17(20)21-11(3)4)15-9-12(18)7-8-16(15)22-13/h7-9,11,13-14H,5-6,10,18H2,1-4H3. The third-order valence-electron chi connectivity index (χ3n) is 3.83. The summed E-state index contributed by atoms with van der Waals surface area (Å²) in [6.45, 7) is 8.47. The summed E-state index contributed by atoms with van der Waals surface area (Å²) in [5, 5.41) is 0. The zero-order valence-electron chi connectivity index (χ0n) is 13.8. The number of rotatable bonds is 5. The predicted molar refractivity (Wildman–Crippen MR) is 88.2 cm³/mol. The van der Waals surface area contributed by atoms with Crippen LogP contribution >= 0.6 is 0 Å². The molecule has 1 aromatic carbocycles. The van der Waals surface area contributed by atoms with E-state index in [9.17, 15) is 4.79 Å². The van der Waals surface area contributed by atoms with E-state index in [2.05, 4.69) is 11.8 Å². The van der Waals surface area contributed by atoms with E-state index in [-0.39, 0.29) is 24.2 Å². The molecule has 122 valence electrons. The van der Waals surface area contributed by atoms with Gasteiger partial charge in [0.2, 0.25) is 0 Å². The van der Waals surface area contributed by atoms with Crippen molar-refractivity contribution < 1.29 is 14.3 Å². The zero-order chi connectivity index (χ0) is 16.3. The number of fused-ring (bicyclic) bond motifs is 1. The Morgan fingerprint density at radius 1 is 1.45 bits per heavy atom. The van der Waals surface area contributed by atoms with E-state index in [1.807, 2.05) is 39.0 Å². The van der Waals surface area contributed by atoms with Gasteiger partial charge < -0.3 is 20.1 Å². The van der Waals surface area contributed by atoms with Crippen molar-refractivity contribution in [3.05, 3.63) is 18.2 Å². The monoisotopic (exact) mass is 306 g/mol. The highest BCUT2D eigenvalue weighted by atomic mass is 16.5. The van der Waals surface area contributed by atoms with Gasteiger partial charge in [0.1, 0.15) is 17.9 Å². The molecule has 0 aromatic heterocycles. The lowest BCUT2D eigenvalue weighted by atomic mass is 10.1. The molecule has 0 fully saturated rings. The van der Waals surface area contributed by atoms with Crippen LogP contribution in [-0.4, -0.2) is 30.8 Å². The minimum atomic E-state index is -0.319. The first kappa shape index (κ1) is 16.5. The number of nitrogen functional groups attached to an aromatic ring is 1. The molecule has 0 bridgehead atoms. The maximum Gasteiger partial charge on any atom is 0.329 e. The summed E-state index contributed by atoms with van der Waals surface area (Å²) < 4.78 is 11.4. The molecule has 0 spiro atoms. The second-order valence-electron chi connectivity index (χ2n) is 5.94. The van der Waals surface area contributed by atoms with E-state index in [4.69, 9.17) is 15.2 Å². The van der Waals surface area contributed by atoms with Crippen molar-refractivity contribution in [3.63, 3.8) is 0 Å². The summed E-state index contributed by atoms with van der Waals surface area (Å²) in [5.74, 6) is 0.589. The third-order valence-corrected chi connectivity index (χ3v) is 3.83. The molecular weight excluding hydrogens is 280 g/mol. The van der Waals surface area contributed by atoms with Crippen LogP contribution in [0, 0.1) is 0 Å². The fraction of sp³-hybridized carbons (Fsp3) is 0.588. The molecule has 5 nitrogen and oxygen atoms in total. The van der Waals surface area contributed by atoms with Crippen molar-refractivity contribution in [2.75, 3.05) is 17.2 Å². The maximum atomic E-state index is 12.4. The second-order valence-corrected chi connectivity index (χ2v) is 5.94. The van der Waals surface area contributed by atoms with Gasteiger partial charge in [-0.2, -0.15) is 0 Å². The number of benzene rings is 1. The first-order valence-corrected chi connectivity index (χ1v) is 7.99. The summed E-state index contributed by atoms with van der Waals surface area (Å²) in [6, 6.07) is 5.25. The van der Waals surface area contributed by atoms with Crippen LogP contribution in [0.4, 0.5) is 11.4 Å². The molecule has 1 aliphatic heterocycles. The number of nitrogens with two attached hydrogens (primary N) is 1. The molecule has 0 aliphatic carbocycles. The number of carbonyl (C=O) groups is 1. The molecule has 1 aliphatic rings. The fourth-order valence-corrected chi connectivity index (χ4v) is 2.73. The summed E-state index contributed by atoms with van der Waals surface area (Å²) in [6.07, 6.45) is 1.51. The second kappa shape index (κ2) is 6.90. The van der Waals surface area contributed by atoms with Gasteiger partial charge in [-0.1, -0.05) is 13.8 Å². The summed E-state index contributed by atoms with van der Waals surface area (Å²) in [5.41, 5.74) is 7.45. The summed E-state index contributed by atoms with van der Waals surface area (Å²) in [7, 11) is 0. The topological polar surface area (TPSA) is 64.8 Å². The van der Waals surface area contributed by atoms with Gasteiger partial charge in [-0.3, -0.25) is 0 Å². The first-order chi connectivity index (χ1) is 10.5. The Balaban J connectivity index is 2.35. The fourth-order valence-electron chi connectivity index (χ4n) is 2.73. The van der Waals surface area contributed by atoms with Crippen LogP contribution in [0.1, 0.15) is 40.5 Å². The molecule has 1 heterocycles. The van der Waals surface area contributed by atoms with Crippen LogP contribution < -0.4 is 15.4 Å². The quantitative estimate of drug-likeness (QED) is 0.669. The average Bonchev–Trinajstić information content (AvgIpc) is 2.47. The molecule has 2 atom stereocenters. The van der Waals surface area contributed by atoms with Gasteiger partial charge in [0.15, 0.2) is 0 Å². The van der Waals surface area contributed by atoms with E-state index >= 15 is 0 Å². The minimum Gasteiger partial charge on any atom is -0.486 e. The Labute approximate surface area is 132 Å². The molecule has 2 rings (SSSR count). The van der Waals surface area contributed by atoms with Crippen molar-refractivity contribution in [2.24, 2.45) is 0 Å². The molecule has 1 aromatic rings. The van der Waals surface area contributed by atoms with Gasteiger partial charge in [0.05, 0.1) is 18.3 Å². The lowest BCUT2D eigenvalue weighted by Crippen LogP contribution is -2.49. The molecule has 0 radical (unpaired) electrons. The van der Waals surface area contributed by atoms with Gasteiger partial charge in [-0.25, -0.2) is 4.79 Å². The lowest BCUT2D eigenvalue weighted by Gasteiger charge is -2.40. The minimum absolute atomic E-state index is 0.0667. The number of hydrogen-bond donors (Lipinski definition) is 1. The van der Waals surface area contributed by atoms with Crippen LogP contribution in [0.25, 0.3) is 0 Å². The van der Waals surface area contributed by atoms with Crippen molar-refractivity contribution >= 4 is 17.3 Å². The van der Waals surface area contributed by atoms with E-state index in [1.165, 1.54) is 0 Å². The highest BCUT2D eigenvalue weighted by Crippen LogP contribution is 2.37. The lowest BCUT2D eigenvalue weighted by molar-refractivity contribution is -0.149. The van der Waals surface area contributed by atoms with E-state index < -0.39 is 0 Å². The number of esters is 1. The van der Waals surface area contributed by atoms with E-state index in [0.29, 0.717) is 18.7 Å². The highest BCUT2D eigenvalue weighted by molar-refractivity contribution is 5.82. The van der Waals surface area contributed by atoms with Crippen molar-refractivity contribution in [1.82, 2.24) is 0 Å². The number of carbonyl (C=O) groups excluding carboxylic acids is 1. The first-order valence-electron chi connectivity index (χ1n) is 7.99. The Morgan fingerprint density at radius 2 is 2.18 bits per heavy atom. The Hall–Kier alpha value is -1.91.